The van der Waals surface area contributed by atoms with Gasteiger partial charge < -0.3 is 14.7 Å². The molecule has 0 unspecified atom stereocenters. The maximum absolute atomic E-state index is 11.3. The molecule has 0 atom stereocenters. The third kappa shape index (κ3) is 1.39. The second-order valence-electron chi connectivity index (χ2n) is 2.71. The number of hydrogen-bond donors (Lipinski definition) is 2. The van der Waals surface area contributed by atoms with Crippen LogP contribution in [-0.4, -0.2) is 22.1 Å². The van der Waals surface area contributed by atoms with E-state index < -0.39 is 0 Å². The molecule has 2 rings (SSSR count). The molecular weight excluding hydrogens is 182 g/mol. The molecule has 2 aromatic heterocycles. The van der Waals surface area contributed by atoms with Crippen molar-refractivity contribution >= 4 is 0 Å². The molecular formula is C9H9N3O2. The molecule has 0 saturated heterocycles. The van der Waals surface area contributed by atoms with Gasteiger partial charge in [-0.25, -0.2) is 4.98 Å². The Kier molecular flexibility index (Phi) is 2.06. The van der Waals surface area contributed by atoms with E-state index in [-0.39, 0.29) is 11.3 Å². The number of hydrogen-bond acceptors (Lipinski definition) is 3. The summed E-state index contributed by atoms with van der Waals surface area (Å²) in [6.45, 7) is 0. The molecule has 2 N–H and O–H groups in total. The summed E-state index contributed by atoms with van der Waals surface area (Å²) >= 11 is 0. The number of methoxy groups -OCH3 is 1. The van der Waals surface area contributed by atoms with Crippen LogP contribution < -0.4 is 10.3 Å². The van der Waals surface area contributed by atoms with Crippen LogP contribution in [0.15, 0.2) is 29.3 Å². The molecule has 5 heteroatoms. The van der Waals surface area contributed by atoms with Crippen molar-refractivity contribution in [1.82, 2.24) is 15.0 Å². The Balaban J connectivity index is 2.48. The van der Waals surface area contributed by atoms with Gasteiger partial charge in [-0.05, 0) is 12.1 Å². The number of nitrogens with one attached hydrogen (secondary N) is 2. The quantitative estimate of drug-likeness (QED) is 0.736. The molecule has 0 spiro atoms. The van der Waals surface area contributed by atoms with Gasteiger partial charge in [0.15, 0.2) is 5.82 Å². The molecule has 0 bridgehead atoms. The van der Waals surface area contributed by atoms with Crippen LogP contribution in [0.4, 0.5) is 0 Å². The summed E-state index contributed by atoms with van der Waals surface area (Å²) in [4.78, 5) is 20.9. The van der Waals surface area contributed by atoms with E-state index in [1.807, 2.05) is 12.1 Å². The van der Waals surface area contributed by atoms with Gasteiger partial charge in [-0.1, -0.05) is 0 Å². The Morgan fingerprint density at radius 1 is 1.50 bits per heavy atom. The minimum absolute atomic E-state index is 0.209. The monoisotopic (exact) mass is 191 g/mol. The second kappa shape index (κ2) is 3.37. The largest absolute Gasteiger partial charge is 0.490 e. The summed E-state index contributed by atoms with van der Waals surface area (Å²) < 4.78 is 4.80. The fraction of sp³-hybridized carbons (Fsp3) is 0.111. The van der Waals surface area contributed by atoms with Gasteiger partial charge in [-0.15, -0.1) is 0 Å². The first-order chi connectivity index (χ1) is 6.81. The molecule has 0 radical (unpaired) electrons. The van der Waals surface area contributed by atoms with Crippen molar-refractivity contribution in [2.75, 3.05) is 7.11 Å². The van der Waals surface area contributed by atoms with Crippen molar-refractivity contribution in [3.8, 4) is 17.3 Å². The molecule has 2 aromatic rings. The fourth-order valence-electron chi connectivity index (χ4n) is 1.14. The SMILES string of the molecule is COc1cnc(-c2ccc[nH]2)[nH]c1=O. The van der Waals surface area contributed by atoms with Crippen LogP contribution in [0.2, 0.25) is 0 Å². The van der Waals surface area contributed by atoms with Gasteiger partial charge in [0, 0.05) is 6.20 Å². The van der Waals surface area contributed by atoms with E-state index in [0.717, 1.165) is 5.69 Å². The Bertz CT molecular complexity index is 473. The highest BCUT2D eigenvalue weighted by atomic mass is 16.5. The lowest BCUT2D eigenvalue weighted by molar-refractivity contribution is 0.406. The van der Waals surface area contributed by atoms with Crippen molar-refractivity contribution in [3.63, 3.8) is 0 Å². The highest BCUT2D eigenvalue weighted by molar-refractivity contribution is 5.48. The van der Waals surface area contributed by atoms with E-state index in [2.05, 4.69) is 15.0 Å². The summed E-state index contributed by atoms with van der Waals surface area (Å²) in [6.07, 6.45) is 3.16. The van der Waals surface area contributed by atoms with E-state index in [9.17, 15) is 4.79 Å². The predicted octanol–water partition coefficient (Wildman–Crippen LogP) is 0.774. The summed E-state index contributed by atoms with van der Waals surface area (Å²) in [5.41, 5.74) is 0.483. The standard InChI is InChI=1S/C9H9N3O2/c1-14-7-5-11-8(12-9(7)13)6-3-2-4-10-6/h2-5,10H,1H3,(H,11,12,13). The van der Waals surface area contributed by atoms with Crippen molar-refractivity contribution < 1.29 is 4.74 Å². The lowest BCUT2D eigenvalue weighted by atomic mass is 10.4. The molecule has 0 aliphatic carbocycles. The van der Waals surface area contributed by atoms with E-state index in [4.69, 9.17) is 4.74 Å². The molecule has 14 heavy (non-hydrogen) atoms. The third-order valence-electron chi connectivity index (χ3n) is 1.84. The van der Waals surface area contributed by atoms with Crippen molar-refractivity contribution in [2.45, 2.75) is 0 Å². The Morgan fingerprint density at radius 2 is 2.36 bits per heavy atom. The van der Waals surface area contributed by atoms with Crippen LogP contribution in [0.1, 0.15) is 0 Å². The van der Waals surface area contributed by atoms with E-state index in [1.165, 1.54) is 13.3 Å². The number of aromatic nitrogens is 3. The highest BCUT2D eigenvalue weighted by Gasteiger charge is 2.03. The van der Waals surface area contributed by atoms with E-state index in [1.54, 1.807) is 6.20 Å². The molecule has 0 aliphatic rings. The lowest BCUT2D eigenvalue weighted by Crippen LogP contribution is -2.11. The first-order valence-corrected chi connectivity index (χ1v) is 4.08. The van der Waals surface area contributed by atoms with Gasteiger partial charge in [-0.2, -0.15) is 0 Å². The van der Waals surface area contributed by atoms with Crippen molar-refractivity contribution in [3.05, 3.63) is 34.9 Å². The first kappa shape index (κ1) is 8.55. The molecule has 0 fully saturated rings. The maximum Gasteiger partial charge on any atom is 0.293 e. The first-order valence-electron chi connectivity index (χ1n) is 4.08. The van der Waals surface area contributed by atoms with Gasteiger partial charge in [-0.3, -0.25) is 4.79 Å². The number of H-pyrrole nitrogens is 2. The summed E-state index contributed by atoms with van der Waals surface area (Å²) in [7, 11) is 1.43. The average Bonchev–Trinajstić information content (AvgIpc) is 2.70. The number of aromatic amines is 2. The third-order valence-corrected chi connectivity index (χ3v) is 1.84. The summed E-state index contributed by atoms with van der Waals surface area (Å²) in [5, 5.41) is 0. The van der Waals surface area contributed by atoms with Gasteiger partial charge in [0.05, 0.1) is 19.0 Å². The zero-order valence-corrected chi connectivity index (χ0v) is 7.57. The minimum Gasteiger partial charge on any atom is -0.490 e. The number of ether oxygens (including phenoxy) is 1. The van der Waals surface area contributed by atoms with Gasteiger partial charge >= 0.3 is 0 Å². The van der Waals surface area contributed by atoms with Crippen LogP contribution >= 0.6 is 0 Å². The van der Waals surface area contributed by atoms with Crippen LogP contribution in [-0.2, 0) is 0 Å². The average molecular weight is 191 g/mol. The zero-order chi connectivity index (χ0) is 9.97. The van der Waals surface area contributed by atoms with E-state index >= 15 is 0 Å². The lowest BCUT2D eigenvalue weighted by Gasteiger charge is -1.99. The molecule has 0 aliphatic heterocycles. The molecule has 0 aromatic carbocycles. The molecule has 0 saturated carbocycles. The van der Waals surface area contributed by atoms with Crippen LogP contribution in [0.5, 0.6) is 5.75 Å². The molecule has 72 valence electrons. The van der Waals surface area contributed by atoms with Crippen LogP contribution in [0, 0.1) is 0 Å². The van der Waals surface area contributed by atoms with Gasteiger partial charge in [0.25, 0.3) is 5.56 Å². The zero-order valence-electron chi connectivity index (χ0n) is 7.57. The topological polar surface area (TPSA) is 70.8 Å². The summed E-state index contributed by atoms with van der Waals surface area (Å²) in [6, 6.07) is 3.66. The second-order valence-corrected chi connectivity index (χ2v) is 2.71. The smallest absolute Gasteiger partial charge is 0.293 e. The molecule has 0 amide bonds. The van der Waals surface area contributed by atoms with Crippen LogP contribution in [0.25, 0.3) is 11.5 Å². The highest BCUT2D eigenvalue weighted by Crippen LogP contribution is 2.10. The Morgan fingerprint density at radius 3 is 2.93 bits per heavy atom. The molecule has 2 heterocycles. The normalized spacial score (nSPS) is 10.1. The predicted molar refractivity (Wildman–Crippen MR) is 51.2 cm³/mol. The maximum atomic E-state index is 11.3. The van der Waals surface area contributed by atoms with E-state index in [0.29, 0.717) is 5.82 Å². The van der Waals surface area contributed by atoms with Gasteiger partial charge in [0.2, 0.25) is 5.75 Å². The molecule has 5 nitrogen and oxygen atoms in total. The Hall–Kier alpha value is -2.04. The summed E-state index contributed by atoms with van der Waals surface area (Å²) in [5.74, 6) is 0.709. The fourth-order valence-corrected chi connectivity index (χ4v) is 1.14. The van der Waals surface area contributed by atoms with Crippen molar-refractivity contribution in [2.24, 2.45) is 0 Å². The Labute approximate surface area is 79.8 Å². The number of rotatable bonds is 2. The minimum atomic E-state index is -0.285. The number of nitrogens with zero attached hydrogens (tertiary/aromatic N) is 1. The van der Waals surface area contributed by atoms with Crippen LogP contribution in [0.3, 0.4) is 0 Å². The van der Waals surface area contributed by atoms with Gasteiger partial charge in [0.1, 0.15) is 0 Å². The van der Waals surface area contributed by atoms with Crippen molar-refractivity contribution in [1.29, 1.82) is 0 Å².